The molecule has 78 valence electrons. The molecule has 3 nitrogen and oxygen atoms in total. The molecule has 15 heavy (non-hydrogen) atoms. The van der Waals surface area contributed by atoms with E-state index in [0.717, 1.165) is 24.1 Å². The zero-order valence-electron chi connectivity index (χ0n) is 8.62. The molecule has 1 aliphatic carbocycles. The van der Waals surface area contributed by atoms with E-state index < -0.39 is 0 Å². The van der Waals surface area contributed by atoms with Gasteiger partial charge in [0.25, 0.3) is 0 Å². The van der Waals surface area contributed by atoms with Crippen LogP contribution in [0.3, 0.4) is 0 Å². The maximum Gasteiger partial charge on any atom is 0.326 e. The molecule has 0 radical (unpaired) electrons. The van der Waals surface area contributed by atoms with Crippen molar-refractivity contribution in [2.45, 2.75) is 18.9 Å². The van der Waals surface area contributed by atoms with Crippen molar-refractivity contribution < 1.29 is 4.79 Å². The number of carbonyl (C=O) groups excluding carboxylic acids is 1. The van der Waals surface area contributed by atoms with E-state index >= 15 is 0 Å². The molecule has 0 aromatic heterocycles. The van der Waals surface area contributed by atoms with Crippen LogP contribution in [0.1, 0.15) is 12.8 Å². The highest BCUT2D eigenvalue weighted by Crippen LogP contribution is 2.34. The van der Waals surface area contributed by atoms with Crippen LogP contribution in [0.4, 0.5) is 4.79 Å². The third-order valence-corrected chi connectivity index (χ3v) is 2.67. The highest BCUT2D eigenvalue weighted by atomic mass is 16.2. The summed E-state index contributed by atoms with van der Waals surface area (Å²) in [5.74, 6) is 0. The first-order valence-corrected chi connectivity index (χ1v) is 4.97. The second-order valence-corrected chi connectivity index (χ2v) is 3.71. The molecule has 2 rings (SSSR count). The van der Waals surface area contributed by atoms with Crippen LogP contribution in [-0.2, 0) is 0 Å². The molecule has 1 aliphatic heterocycles. The molecule has 0 spiro atoms. The zero-order chi connectivity index (χ0) is 11.0. The largest absolute Gasteiger partial charge is 0.326 e. The van der Waals surface area contributed by atoms with Crippen molar-refractivity contribution >= 4 is 6.03 Å². The van der Waals surface area contributed by atoms with Gasteiger partial charge in [-0.2, -0.15) is 0 Å². The highest BCUT2D eigenvalue weighted by molar-refractivity contribution is 5.83. The number of nitrogens with one attached hydrogen (secondary N) is 1. The lowest BCUT2D eigenvalue weighted by Gasteiger charge is -2.31. The topological polar surface area (TPSA) is 32.3 Å². The minimum atomic E-state index is -0.108. The Labute approximate surface area is 89.5 Å². The van der Waals surface area contributed by atoms with Gasteiger partial charge in [-0.1, -0.05) is 25.8 Å². The number of rotatable bonds is 3. The number of nitrogens with zero attached hydrogens (tertiary/aromatic N) is 1. The maximum absolute atomic E-state index is 11.8. The van der Waals surface area contributed by atoms with Crippen molar-refractivity contribution in [3.63, 3.8) is 0 Å². The predicted molar refractivity (Wildman–Crippen MR) is 60.0 cm³/mol. The van der Waals surface area contributed by atoms with Crippen LogP contribution in [0.15, 0.2) is 48.9 Å². The van der Waals surface area contributed by atoms with Crippen LogP contribution >= 0.6 is 0 Å². The molecule has 0 bridgehead atoms. The number of hydrogen-bond donors (Lipinski definition) is 1. The minimum Gasteiger partial charge on any atom is -0.307 e. The van der Waals surface area contributed by atoms with E-state index in [4.69, 9.17) is 0 Å². The lowest BCUT2D eigenvalue weighted by Crippen LogP contribution is -2.44. The van der Waals surface area contributed by atoms with Gasteiger partial charge >= 0.3 is 6.03 Å². The van der Waals surface area contributed by atoms with Gasteiger partial charge in [-0.25, -0.2) is 4.79 Å². The maximum atomic E-state index is 11.8. The Bertz CT molecular complexity index is 388. The highest BCUT2D eigenvalue weighted by Gasteiger charge is 2.37. The van der Waals surface area contributed by atoms with Crippen molar-refractivity contribution in [2.75, 3.05) is 0 Å². The Hall–Kier alpha value is -1.77. The fraction of sp³-hybridized carbons (Fsp3) is 0.250. The lowest BCUT2D eigenvalue weighted by atomic mass is 10.1. The predicted octanol–water partition coefficient (Wildman–Crippen LogP) is 2.31. The Kier molecular flexibility index (Phi) is 2.23. The summed E-state index contributed by atoms with van der Waals surface area (Å²) in [5, 5.41) is 2.79. The van der Waals surface area contributed by atoms with Gasteiger partial charge in [0, 0.05) is 17.3 Å². The Morgan fingerprint density at radius 1 is 1.33 bits per heavy atom. The molecular formula is C12H14N2O. The second kappa shape index (κ2) is 3.42. The van der Waals surface area contributed by atoms with Gasteiger partial charge in [-0.3, -0.25) is 4.90 Å². The third kappa shape index (κ3) is 1.50. The average Bonchev–Trinajstić information content (AvgIpc) is 3.01. The van der Waals surface area contributed by atoms with Crippen LogP contribution in [-0.4, -0.2) is 17.0 Å². The number of allylic oxidation sites excluding steroid dienone is 2. The fourth-order valence-electron chi connectivity index (χ4n) is 1.76. The summed E-state index contributed by atoms with van der Waals surface area (Å²) in [6, 6.07) is 0.210. The number of hydrogen-bond acceptors (Lipinski definition) is 1. The smallest absolute Gasteiger partial charge is 0.307 e. The minimum absolute atomic E-state index is 0.108. The first-order valence-electron chi connectivity index (χ1n) is 4.97. The summed E-state index contributed by atoms with van der Waals surface area (Å²) in [7, 11) is 0. The van der Waals surface area contributed by atoms with Crippen LogP contribution in [0, 0.1) is 0 Å². The molecule has 2 aliphatic rings. The van der Waals surface area contributed by atoms with E-state index in [-0.39, 0.29) is 6.03 Å². The van der Waals surface area contributed by atoms with Gasteiger partial charge < -0.3 is 5.32 Å². The Morgan fingerprint density at radius 2 is 2.00 bits per heavy atom. The van der Waals surface area contributed by atoms with Crippen molar-refractivity contribution in [3.8, 4) is 0 Å². The first kappa shape index (κ1) is 9.77. The van der Waals surface area contributed by atoms with E-state index in [9.17, 15) is 4.79 Å². The normalized spacial score (nSPS) is 21.5. The van der Waals surface area contributed by atoms with Gasteiger partial charge in [0.1, 0.15) is 0 Å². The molecule has 0 atom stereocenters. The van der Waals surface area contributed by atoms with Gasteiger partial charge in [0.2, 0.25) is 0 Å². The molecule has 1 N–H and O–H groups in total. The van der Waals surface area contributed by atoms with Crippen molar-refractivity contribution in [1.82, 2.24) is 10.2 Å². The van der Waals surface area contributed by atoms with Gasteiger partial charge in [-0.05, 0) is 18.9 Å². The van der Waals surface area contributed by atoms with Gasteiger partial charge in [-0.15, -0.1) is 0 Å². The van der Waals surface area contributed by atoms with Crippen LogP contribution < -0.4 is 5.32 Å². The van der Waals surface area contributed by atoms with E-state index in [1.54, 1.807) is 17.1 Å². The monoisotopic (exact) mass is 202 g/mol. The van der Waals surface area contributed by atoms with E-state index in [2.05, 4.69) is 25.1 Å². The van der Waals surface area contributed by atoms with E-state index in [0.29, 0.717) is 11.7 Å². The van der Waals surface area contributed by atoms with E-state index in [1.807, 2.05) is 0 Å². The Balaban J connectivity index is 2.39. The van der Waals surface area contributed by atoms with Crippen molar-refractivity contribution in [2.24, 2.45) is 0 Å². The summed E-state index contributed by atoms with van der Waals surface area (Å²) in [6.07, 6.45) is 5.43. The lowest BCUT2D eigenvalue weighted by molar-refractivity contribution is 0.210. The molecule has 0 aromatic carbocycles. The first-order chi connectivity index (χ1) is 7.19. The van der Waals surface area contributed by atoms with Crippen molar-refractivity contribution in [1.29, 1.82) is 0 Å². The van der Waals surface area contributed by atoms with Gasteiger partial charge in [0.05, 0.1) is 5.70 Å². The Morgan fingerprint density at radius 3 is 2.47 bits per heavy atom. The zero-order valence-corrected chi connectivity index (χ0v) is 8.62. The molecule has 0 aromatic rings. The van der Waals surface area contributed by atoms with E-state index in [1.165, 1.54) is 0 Å². The summed E-state index contributed by atoms with van der Waals surface area (Å²) in [4.78, 5) is 13.5. The fourth-order valence-corrected chi connectivity index (χ4v) is 1.76. The second-order valence-electron chi connectivity index (χ2n) is 3.71. The van der Waals surface area contributed by atoms with Crippen LogP contribution in [0.5, 0.6) is 0 Å². The molecular weight excluding hydrogens is 188 g/mol. The summed E-state index contributed by atoms with van der Waals surface area (Å²) in [6.45, 7) is 11.3. The quantitative estimate of drug-likeness (QED) is 0.748. The van der Waals surface area contributed by atoms with Crippen LogP contribution in [0.25, 0.3) is 0 Å². The van der Waals surface area contributed by atoms with Crippen LogP contribution in [0.2, 0.25) is 0 Å². The molecule has 3 heteroatoms. The summed E-state index contributed by atoms with van der Waals surface area (Å²) in [5.41, 5.74) is 2.28. The molecule has 1 heterocycles. The molecule has 2 amide bonds. The molecule has 1 fully saturated rings. The van der Waals surface area contributed by atoms with Gasteiger partial charge in [0.15, 0.2) is 0 Å². The van der Waals surface area contributed by atoms with Crippen molar-refractivity contribution in [3.05, 3.63) is 48.9 Å². The number of urea groups is 1. The average molecular weight is 202 g/mol. The molecule has 0 saturated heterocycles. The summed E-state index contributed by atoms with van der Waals surface area (Å²) >= 11 is 0. The number of carbonyl (C=O) groups is 1. The number of amides is 2. The standard InChI is InChI=1S/C12H14N2O/c1-4-10-8(3)14(9-6-7-9)12(15)13-11(10)5-2/h4-5,9H,1-3,6-7H2,(H,13,15). The summed E-state index contributed by atoms with van der Waals surface area (Å²) < 4.78 is 0. The molecule has 0 unspecified atom stereocenters. The molecule has 1 saturated carbocycles. The SMILES string of the molecule is C=CC1=C(C=C)C(=C)N(C2CC2)C(=O)N1. The third-order valence-electron chi connectivity index (χ3n) is 2.67.